The Morgan fingerprint density at radius 3 is 2.44 bits per heavy atom. The van der Waals surface area contributed by atoms with Crippen molar-refractivity contribution < 1.29 is 14.7 Å². The molecule has 0 unspecified atom stereocenters. The van der Waals surface area contributed by atoms with Crippen molar-refractivity contribution in [3.8, 4) is 0 Å². The van der Waals surface area contributed by atoms with Crippen LogP contribution in [-0.4, -0.2) is 37.2 Å². The largest absolute Gasteiger partial charge is 0.409 e. The number of amides is 1. The fourth-order valence-electron chi connectivity index (χ4n) is 1.89. The molecule has 0 aliphatic rings. The monoisotopic (exact) mass is 259 g/mol. The summed E-state index contributed by atoms with van der Waals surface area (Å²) in [4.78, 5) is 12.1. The van der Waals surface area contributed by atoms with Crippen LogP contribution in [0.1, 0.15) is 39.5 Å². The number of carbonyl (C=O) groups is 1. The lowest BCUT2D eigenvalue weighted by molar-refractivity contribution is -0.128. The van der Waals surface area contributed by atoms with E-state index in [0.717, 1.165) is 12.8 Å². The molecule has 0 aromatic carbocycles. The minimum atomic E-state index is -0.907. The van der Waals surface area contributed by atoms with E-state index in [0.29, 0.717) is 26.0 Å². The van der Waals surface area contributed by atoms with Crippen LogP contribution in [0.5, 0.6) is 0 Å². The molecule has 0 aromatic heterocycles. The molecule has 0 atom stereocenters. The maximum atomic E-state index is 12.1. The van der Waals surface area contributed by atoms with E-state index < -0.39 is 5.41 Å². The first kappa shape index (κ1) is 16.7. The second-order valence-corrected chi connectivity index (χ2v) is 4.23. The molecule has 18 heavy (non-hydrogen) atoms. The third kappa shape index (κ3) is 4.18. The van der Waals surface area contributed by atoms with Crippen LogP contribution in [0.25, 0.3) is 0 Å². The molecule has 0 spiro atoms. The third-order valence-corrected chi connectivity index (χ3v) is 3.30. The van der Waals surface area contributed by atoms with Gasteiger partial charge in [-0.1, -0.05) is 19.0 Å². The molecule has 106 valence electrons. The highest BCUT2D eigenvalue weighted by Crippen LogP contribution is 2.26. The van der Waals surface area contributed by atoms with E-state index in [1.165, 1.54) is 0 Å². The van der Waals surface area contributed by atoms with Crippen molar-refractivity contribution in [3.05, 3.63) is 0 Å². The lowest BCUT2D eigenvalue weighted by Crippen LogP contribution is -2.49. The maximum Gasteiger partial charge on any atom is 0.233 e. The van der Waals surface area contributed by atoms with Gasteiger partial charge in [-0.25, -0.2) is 0 Å². The number of rotatable bonds is 9. The molecule has 0 aliphatic carbocycles. The molecule has 6 heteroatoms. The van der Waals surface area contributed by atoms with Crippen molar-refractivity contribution in [1.82, 2.24) is 5.32 Å². The first-order chi connectivity index (χ1) is 8.58. The van der Waals surface area contributed by atoms with Crippen molar-refractivity contribution >= 4 is 11.7 Å². The van der Waals surface area contributed by atoms with Gasteiger partial charge in [0.05, 0.1) is 0 Å². The van der Waals surface area contributed by atoms with E-state index in [9.17, 15) is 4.79 Å². The lowest BCUT2D eigenvalue weighted by Gasteiger charge is -2.28. The fourth-order valence-corrected chi connectivity index (χ4v) is 1.89. The topological polar surface area (TPSA) is 96.9 Å². The highest BCUT2D eigenvalue weighted by molar-refractivity contribution is 6.06. The number of carbonyl (C=O) groups excluding carboxylic acids is 1. The quantitative estimate of drug-likeness (QED) is 0.190. The second kappa shape index (κ2) is 8.74. The SMILES string of the molecule is CCC(CC)(C(=O)NCCCCOC)C(N)=NO. The van der Waals surface area contributed by atoms with Crippen LogP contribution < -0.4 is 11.1 Å². The van der Waals surface area contributed by atoms with Gasteiger partial charge >= 0.3 is 0 Å². The summed E-state index contributed by atoms with van der Waals surface area (Å²) in [6, 6.07) is 0. The summed E-state index contributed by atoms with van der Waals surface area (Å²) in [6.07, 6.45) is 2.75. The highest BCUT2D eigenvalue weighted by Gasteiger charge is 2.39. The van der Waals surface area contributed by atoms with Gasteiger partial charge in [0.25, 0.3) is 0 Å². The first-order valence-corrected chi connectivity index (χ1v) is 6.34. The third-order valence-electron chi connectivity index (χ3n) is 3.30. The van der Waals surface area contributed by atoms with E-state index >= 15 is 0 Å². The van der Waals surface area contributed by atoms with E-state index in [4.69, 9.17) is 15.7 Å². The molecule has 1 amide bonds. The molecule has 0 radical (unpaired) electrons. The molecule has 0 aliphatic heterocycles. The number of hydrogen-bond donors (Lipinski definition) is 3. The molecule has 0 bridgehead atoms. The zero-order chi connectivity index (χ0) is 14.0. The van der Waals surface area contributed by atoms with E-state index in [2.05, 4.69) is 10.5 Å². The number of methoxy groups -OCH3 is 1. The summed E-state index contributed by atoms with van der Waals surface area (Å²) in [6.45, 7) is 4.96. The standard InChI is InChI=1S/C12H25N3O3/c1-4-12(5-2,10(13)15-17)11(16)14-8-6-7-9-18-3/h17H,4-9H2,1-3H3,(H2,13,15)(H,14,16). The van der Waals surface area contributed by atoms with Gasteiger partial charge in [-0.2, -0.15) is 0 Å². The molecule has 0 fully saturated rings. The molecular weight excluding hydrogens is 234 g/mol. The molecule has 0 saturated heterocycles. The summed E-state index contributed by atoms with van der Waals surface area (Å²) in [5, 5.41) is 14.6. The summed E-state index contributed by atoms with van der Waals surface area (Å²) in [7, 11) is 1.65. The number of ether oxygens (including phenoxy) is 1. The van der Waals surface area contributed by atoms with Crippen LogP contribution in [0.4, 0.5) is 0 Å². The van der Waals surface area contributed by atoms with Gasteiger partial charge in [-0.3, -0.25) is 4.79 Å². The Balaban J connectivity index is 4.41. The van der Waals surface area contributed by atoms with E-state index in [1.54, 1.807) is 7.11 Å². The summed E-state index contributed by atoms with van der Waals surface area (Å²) in [5.74, 6) is -0.206. The van der Waals surface area contributed by atoms with Crippen molar-refractivity contribution in [2.24, 2.45) is 16.3 Å². The number of hydrogen-bond acceptors (Lipinski definition) is 4. The van der Waals surface area contributed by atoms with Gasteiger partial charge in [0.2, 0.25) is 5.91 Å². The van der Waals surface area contributed by atoms with Gasteiger partial charge in [0.1, 0.15) is 5.41 Å². The zero-order valence-electron chi connectivity index (χ0n) is 11.5. The molecule has 6 nitrogen and oxygen atoms in total. The Morgan fingerprint density at radius 1 is 1.39 bits per heavy atom. The predicted molar refractivity (Wildman–Crippen MR) is 70.5 cm³/mol. The van der Waals surface area contributed by atoms with Crippen molar-refractivity contribution in [3.63, 3.8) is 0 Å². The van der Waals surface area contributed by atoms with Crippen LogP contribution in [0.3, 0.4) is 0 Å². The average molecular weight is 259 g/mol. The molecule has 0 rings (SSSR count). The zero-order valence-corrected chi connectivity index (χ0v) is 11.5. The van der Waals surface area contributed by atoms with Crippen molar-refractivity contribution in [2.75, 3.05) is 20.3 Å². The Morgan fingerprint density at radius 2 is 2.00 bits per heavy atom. The minimum Gasteiger partial charge on any atom is -0.409 e. The average Bonchev–Trinajstić information content (AvgIpc) is 2.40. The Labute approximate surface area is 109 Å². The molecular formula is C12H25N3O3. The number of nitrogens with two attached hydrogens (primary N) is 1. The van der Waals surface area contributed by atoms with Crippen LogP contribution in [0.15, 0.2) is 5.16 Å². The van der Waals surface area contributed by atoms with Crippen molar-refractivity contribution in [1.29, 1.82) is 0 Å². The second-order valence-electron chi connectivity index (χ2n) is 4.23. The maximum absolute atomic E-state index is 12.1. The highest BCUT2D eigenvalue weighted by atomic mass is 16.5. The summed E-state index contributed by atoms with van der Waals surface area (Å²) in [5.41, 5.74) is 4.74. The van der Waals surface area contributed by atoms with Crippen molar-refractivity contribution in [2.45, 2.75) is 39.5 Å². The number of nitrogens with zero attached hydrogens (tertiary/aromatic N) is 1. The molecule has 0 saturated carbocycles. The van der Waals surface area contributed by atoms with Crippen LogP contribution in [0.2, 0.25) is 0 Å². The lowest BCUT2D eigenvalue weighted by atomic mass is 9.80. The number of amidine groups is 1. The minimum absolute atomic E-state index is 0.0260. The predicted octanol–water partition coefficient (Wildman–Crippen LogP) is 1.08. The van der Waals surface area contributed by atoms with Crippen LogP contribution >= 0.6 is 0 Å². The van der Waals surface area contributed by atoms with Gasteiger partial charge in [0, 0.05) is 20.3 Å². The Bertz CT molecular complexity index is 276. The molecule has 0 aromatic rings. The smallest absolute Gasteiger partial charge is 0.233 e. The molecule has 0 heterocycles. The number of nitrogens with one attached hydrogen (secondary N) is 1. The normalized spacial score (nSPS) is 12.5. The summed E-state index contributed by atoms with van der Waals surface area (Å²) < 4.78 is 4.93. The fraction of sp³-hybridized carbons (Fsp3) is 0.833. The van der Waals surface area contributed by atoms with Gasteiger partial charge in [0.15, 0.2) is 5.84 Å². The van der Waals surface area contributed by atoms with E-state index in [-0.39, 0.29) is 11.7 Å². The van der Waals surface area contributed by atoms with Gasteiger partial charge < -0.3 is 21.0 Å². The van der Waals surface area contributed by atoms with Gasteiger partial charge in [-0.05, 0) is 25.7 Å². The first-order valence-electron chi connectivity index (χ1n) is 6.34. The molecule has 4 N–H and O–H groups in total. The van der Waals surface area contributed by atoms with E-state index in [1.807, 2.05) is 13.8 Å². The Kier molecular flexibility index (Phi) is 8.11. The summed E-state index contributed by atoms with van der Waals surface area (Å²) >= 11 is 0. The van der Waals surface area contributed by atoms with Crippen LogP contribution in [0, 0.1) is 5.41 Å². The van der Waals surface area contributed by atoms with Crippen LogP contribution in [-0.2, 0) is 9.53 Å². The number of oxime groups is 1. The van der Waals surface area contributed by atoms with Gasteiger partial charge in [-0.15, -0.1) is 0 Å². The number of unbranched alkanes of at least 4 members (excludes halogenated alkanes) is 1. The Hall–Kier alpha value is -1.30.